The van der Waals surface area contributed by atoms with Gasteiger partial charge in [0.15, 0.2) is 5.60 Å². The summed E-state index contributed by atoms with van der Waals surface area (Å²) in [6.07, 6.45) is 1.86. The van der Waals surface area contributed by atoms with Gasteiger partial charge in [0, 0.05) is 62.9 Å². The topological polar surface area (TPSA) is 42.0 Å². The zero-order valence-electron chi connectivity index (χ0n) is 29.7. The fourth-order valence-corrected chi connectivity index (χ4v) is 7.81. The van der Waals surface area contributed by atoms with E-state index in [2.05, 4.69) is 157 Å². The predicted molar refractivity (Wildman–Crippen MR) is 213 cm³/mol. The number of hydrogen-bond donors (Lipinski definition) is 0. The van der Waals surface area contributed by atoms with Crippen molar-refractivity contribution in [3.8, 4) is 11.5 Å². The lowest BCUT2D eigenvalue weighted by Gasteiger charge is -2.38. The maximum atomic E-state index is 13.7. The summed E-state index contributed by atoms with van der Waals surface area (Å²) in [4.78, 5) is 18.2. The first-order chi connectivity index (χ1) is 26.1. The summed E-state index contributed by atoms with van der Waals surface area (Å²) in [6.45, 7) is 4.34. The highest BCUT2D eigenvalue weighted by Gasteiger charge is 2.53. The highest BCUT2D eigenvalue weighted by molar-refractivity contribution is 5.97. The minimum absolute atomic E-state index is 0.350. The van der Waals surface area contributed by atoms with E-state index in [9.17, 15) is 4.79 Å². The molecule has 0 aliphatic carbocycles. The summed E-state index contributed by atoms with van der Waals surface area (Å²) < 4.78 is 13.6. The quantitative estimate of drug-likeness (QED) is 0.149. The molecular weight excluding hydrogens is 653 g/mol. The van der Waals surface area contributed by atoms with Gasteiger partial charge in [-0.3, -0.25) is 0 Å². The number of para-hydroxylation sites is 2. The molecule has 1 spiro atoms. The molecule has 0 bridgehead atoms. The Hall–Kier alpha value is -6.59. The number of nitrogens with zero attached hydrogens (tertiary/aromatic N) is 2. The second-order valence-electron chi connectivity index (χ2n) is 13.5. The maximum Gasteiger partial charge on any atom is 0.340 e. The molecule has 0 unspecified atom stereocenters. The number of fused-ring (bicyclic) bond motifs is 6. The Morgan fingerprint density at radius 3 is 1.42 bits per heavy atom. The van der Waals surface area contributed by atoms with E-state index < -0.39 is 5.60 Å². The average Bonchev–Trinajstić information content (AvgIpc) is 3.51. The van der Waals surface area contributed by atoms with Crippen LogP contribution in [-0.4, -0.2) is 5.97 Å². The summed E-state index contributed by atoms with van der Waals surface area (Å²) in [5.74, 6) is 0.907. The molecule has 0 saturated carbocycles. The lowest BCUT2D eigenvalue weighted by Crippen LogP contribution is -2.33. The van der Waals surface area contributed by atoms with Crippen molar-refractivity contribution in [3.05, 3.63) is 203 Å². The van der Waals surface area contributed by atoms with Crippen LogP contribution in [0.3, 0.4) is 0 Å². The number of aryl methyl sites for hydroxylation is 2. The normalized spacial score (nSPS) is 13.4. The zero-order chi connectivity index (χ0) is 35.9. The van der Waals surface area contributed by atoms with Gasteiger partial charge in [-0.1, -0.05) is 92.7 Å². The van der Waals surface area contributed by atoms with E-state index in [4.69, 9.17) is 9.47 Å². The van der Waals surface area contributed by atoms with Crippen LogP contribution in [0.2, 0.25) is 0 Å². The number of rotatable bonds is 8. The van der Waals surface area contributed by atoms with Crippen LogP contribution in [0.25, 0.3) is 0 Å². The molecule has 5 nitrogen and oxygen atoms in total. The van der Waals surface area contributed by atoms with Crippen molar-refractivity contribution in [2.75, 3.05) is 9.80 Å². The molecule has 7 aromatic carbocycles. The third kappa shape index (κ3) is 5.44. The maximum absolute atomic E-state index is 13.7. The van der Waals surface area contributed by atoms with Crippen LogP contribution in [0.5, 0.6) is 11.5 Å². The van der Waals surface area contributed by atoms with Crippen molar-refractivity contribution >= 4 is 40.1 Å². The van der Waals surface area contributed by atoms with Gasteiger partial charge in [0.05, 0.1) is 5.56 Å². The summed E-state index contributed by atoms with van der Waals surface area (Å²) in [7, 11) is 0. The smallest absolute Gasteiger partial charge is 0.340 e. The highest BCUT2D eigenvalue weighted by Crippen LogP contribution is 2.58. The lowest BCUT2D eigenvalue weighted by molar-refractivity contribution is 0.0224. The second-order valence-corrected chi connectivity index (χ2v) is 13.5. The van der Waals surface area contributed by atoms with Gasteiger partial charge in [0.2, 0.25) is 0 Å². The number of hydrogen-bond acceptors (Lipinski definition) is 5. The largest absolute Gasteiger partial charge is 0.456 e. The minimum Gasteiger partial charge on any atom is -0.456 e. The molecule has 5 heteroatoms. The molecule has 0 fully saturated rings. The summed E-state index contributed by atoms with van der Waals surface area (Å²) in [5.41, 5.74) is 10.3. The molecule has 0 radical (unpaired) electrons. The van der Waals surface area contributed by atoms with Gasteiger partial charge in [-0.05, 0) is 103 Å². The average molecular weight is 691 g/mol. The Labute approximate surface area is 310 Å². The van der Waals surface area contributed by atoms with Crippen molar-refractivity contribution in [1.82, 2.24) is 0 Å². The number of ether oxygens (including phenoxy) is 2. The monoisotopic (exact) mass is 690 g/mol. The Kier molecular flexibility index (Phi) is 8.04. The van der Waals surface area contributed by atoms with Crippen molar-refractivity contribution < 1.29 is 14.3 Å². The molecule has 2 heterocycles. The molecule has 2 aliphatic rings. The number of benzene rings is 7. The van der Waals surface area contributed by atoms with Gasteiger partial charge in [-0.2, -0.15) is 0 Å². The Balaban J connectivity index is 1.25. The molecule has 0 saturated heterocycles. The van der Waals surface area contributed by atoms with Crippen LogP contribution in [-0.2, 0) is 23.2 Å². The lowest BCUT2D eigenvalue weighted by atomic mass is 9.77. The van der Waals surface area contributed by atoms with Gasteiger partial charge in [0.25, 0.3) is 0 Å². The van der Waals surface area contributed by atoms with E-state index in [1.54, 1.807) is 0 Å². The Morgan fingerprint density at radius 1 is 0.453 bits per heavy atom. The van der Waals surface area contributed by atoms with Gasteiger partial charge >= 0.3 is 5.97 Å². The molecule has 2 aliphatic heterocycles. The number of esters is 1. The molecule has 0 atom stereocenters. The minimum atomic E-state index is -1.19. The zero-order valence-corrected chi connectivity index (χ0v) is 29.7. The number of carbonyl (C=O) groups excluding carboxylic acids is 1. The van der Waals surface area contributed by atoms with E-state index in [0.29, 0.717) is 17.1 Å². The van der Waals surface area contributed by atoms with Crippen molar-refractivity contribution in [2.45, 2.75) is 32.3 Å². The molecule has 7 aromatic rings. The summed E-state index contributed by atoms with van der Waals surface area (Å²) >= 11 is 0. The molecule has 53 heavy (non-hydrogen) atoms. The first kappa shape index (κ1) is 32.3. The molecule has 0 N–H and O–H groups in total. The van der Waals surface area contributed by atoms with Gasteiger partial charge < -0.3 is 19.3 Å². The fraction of sp³-hybridized carbons (Fsp3) is 0.104. The molecule has 0 amide bonds. The second kappa shape index (κ2) is 13.2. The highest BCUT2D eigenvalue weighted by atomic mass is 16.6. The number of carbonyl (C=O) groups is 1. The molecule has 9 rings (SSSR count). The predicted octanol–water partition coefficient (Wildman–Crippen LogP) is 12.3. The standard InChI is InChI=1S/C48H38N2O3/c1-3-33-15-13-21-37(29-33)49(35-17-7-5-8-18-35)39-25-27-43-45(31-39)52-46-32-40(26-28-44(46)48(43)42-24-12-11-23-41(42)47(51)53-48)50(36-19-9-6-10-20-36)38-22-14-16-34(4-2)30-38/h5-32H,3-4H2,1-2H3. The van der Waals surface area contributed by atoms with Crippen LogP contribution in [0.1, 0.15) is 52.0 Å². The Morgan fingerprint density at radius 2 is 0.906 bits per heavy atom. The van der Waals surface area contributed by atoms with E-state index in [0.717, 1.165) is 63.7 Å². The van der Waals surface area contributed by atoms with Crippen LogP contribution >= 0.6 is 0 Å². The Bertz CT molecular complexity index is 2340. The first-order valence-electron chi connectivity index (χ1n) is 18.3. The van der Waals surface area contributed by atoms with Crippen molar-refractivity contribution in [2.24, 2.45) is 0 Å². The molecular formula is C48H38N2O3. The van der Waals surface area contributed by atoms with Gasteiger partial charge in [0.1, 0.15) is 11.5 Å². The molecule has 258 valence electrons. The fourth-order valence-electron chi connectivity index (χ4n) is 7.81. The number of anilines is 6. The summed E-state index contributed by atoms with van der Waals surface area (Å²) in [5, 5.41) is 0. The van der Waals surface area contributed by atoms with Crippen molar-refractivity contribution in [1.29, 1.82) is 0 Å². The van der Waals surface area contributed by atoms with Gasteiger partial charge in [-0.25, -0.2) is 4.79 Å². The van der Waals surface area contributed by atoms with E-state index in [-0.39, 0.29) is 5.97 Å². The van der Waals surface area contributed by atoms with E-state index in [1.807, 2.05) is 36.4 Å². The van der Waals surface area contributed by atoms with Crippen LogP contribution in [0.15, 0.2) is 170 Å². The van der Waals surface area contributed by atoms with Crippen LogP contribution < -0.4 is 14.5 Å². The van der Waals surface area contributed by atoms with E-state index in [1.165, 1.54) is 11.1 Å². The third-order valence-electron chi connectivity index (χ3n) is 10.4. The van der Waals surface area contributed by atoms with E-state index >= 15 is 0 Å². The van der Waals surface area contributed by atoms with Gasteiger partial charge in [-0.15, -0.1) is 0 Å². The van der Waals surface area contributed by atoms with Crippen molar-refractivity contribution in [3.63, 3.8) is 0 Å². The van der Waals surface area contributed by atoms with Crippen LogP contribution in [0.4, 0.5) is 34.1 Å². The summed E-state index contributed by atoms with van der Waals surface area (Å²) in [6, 6.07) is 58.2. The first-order valence-corrected chi connectivity index (χ1v) is 18.3. The third-order valence-corrected chi connectivity index (χ3v) is 10.4. The molecule has 0 aromatic heterocycles. The SMILES string of the molecule is CCc1cccc(N(c2ccccc2)c2ccc3c(c2)Oc2cc(N(c4ccccc4)c4cccc(CC)c4)ccc2C32OC(=O)c3ccccc32)c1. The van der Waals surface area contributed by atoms with Crippen LogP contribution in [0, 0.1) is 0 Å².